The maximum Gasteiger partial charge on any atom is 0.283 e. The van der Waals surface area contributed by atoms with Crippen molar-refractivity contribution in [1.29, 1.82) is 0 Å². The van der Waals surface area contributed by atoms with Crippen molar-refractivity contribution in [2.75, 3.05) is 0 Å². The summed E-state index contributed by atoms with van der Waals surface area (Å²) in [6.45, 7) is 0. The van der Waals surface area contributed by atoms with Crippen molar-refractivity contribution in [3.63, 3.8) is 0 Å². The van der Waals surface area contributed by atoms with E-state index in [2.05, 4.69) is 15.6 Å². The topological polar surface area (TPSA) is 102 Å². The number of rotatable bonds is 6. The third kappa shape index (κ3) is 5.07. The number of carbonyl (C=O) groups is 1. The molecule has 12 heteroatoms. The molecule has 0 spiro atoms. The Morgan fingerprint density at radius 2 is 1.86 bits per heavy atom. The number of fused-ring (bicyclic) bond motifs is 1. The zero-order valence-electron chi connectivity index (χ0n) is 18.6. The van der Waals surface area contributed by atoms with Gasteiger partial charge in [-0.2, -0.15) is 10.2 Å². The van der Waals surface area contributed by atoms with E-state index < -0.39 is 10.8 Å². The number of amides is 1. The number of halogens is 3. The number of nitro benzene ring substituents is 1. The molecule has 0 saturated heterocycles. The minimum atomic E-state index is -0.526. The van der Waals surface area contributed by atoms with Crippen LogP contribution in [0, 0.1) is 10.1 Å². The average molecular weight is 571 g/mol. The number of para-hydroxylation sites is 1. The number of nitro groups is 1. The van der Waals surface area contributed by atoms with Crippen LogP contribution in [0.15, 0.2) is 78.0 Å². The molecule has 3 aromatic carbocycles. The van der Waals surface area contributed by atoms with Crippen LogP contribution < -0.4 is 5.43 Å². The predicted octanol–water partition coefficient (Wildman–Crippen LogP) is 7.39. The number of hydrazone groups is 1. The molecule has 2 heterocycles. The standard InChI is InChI=1S/C25H14Cl3N5O3S/c26-16-10-19(27)21-20(11-16)37-24(22(21)28)25(34)30-29-12-15-13-32(17-6-2-1-3-7-17)31-23(15)14-5-4-8-18(9-14)33(35)36/h1-13H,(H,30,34)/b29-12-. The highest BCUT2D eigenvalue weighted by Gasteiger charge is 2.20. The van der Waals surface area contributed by atoms with Crippen LogP contribution in [0.25, 0.3) is 27.0 Å². The molecule has 0 aliphatic carbocycles. The minimum Gasteiger partial charge on any atom is -0.266 e. The van der Waals surface area contributed by atoms with Gasteiger partial charge < -0.3 is 0 Å². The molecule has 0 atom stereocenters. The predicted molar refractivity (Wildman–Crippen MR) is 148 cm³/mol. The number of carbonyl (C=O) groups excluding carboxylic acids is 1. The van der Waals surface area contributed by atoms with E-state index in [4.69, 9.17) is 34.8 Å². The van der Waals surface area contributed by atoms with Gasteiger partial charge in [0.2, 0.25) is 0 Å². The number of benzene rings is 3. The van der Waals surface area contributed by atoms with Gasteiger partial charge in [0, 0.05) is 44.6 Å². The Labute approximate surface area is 228 Å². The largest absolute Gasteiger partial charge is 0.283 e. The summed E-state index contributed by atoms with van der Waals surface area (Å²) < 4.78 is 2.31. The van der Waals surface area contributed by atoms with Gasteiger partial charge in [-0.15, -0.1) is 11.3 Å². The van der Waals surface area contributed by atoms with E-state index in [1.807, 2.05) is 30.3 Å². The van der Waals surface area contributed by atoms with Crippen molar-refractivity contribution in [3.05, 3.63) is 109 Å². The Balaban J connectivity index is 1.48. The molecule has 37 heavy (non-hydrogen) atoms. The van der Waals surface area contributed by atoms with Gasteiger partial charge in [0.05, 0.1) is 26.9 Å². The molecule has 0 fully saturated rings. The van der Waals surface area contributed by atoms with E-state index in [9.17, 15) is 14.9 Å². The van der Waals surface area contributed by atoms with Crippen molar-refractivity contribution >= 4 is 74.0 Å². The van der Waals surface area contributed by atoms with E-state index in [0.29, 0.717) is 37.0 Å². The van der Waals surface area contributed by atoms with Crippen LogP contribution in [0.3, 0.4) is 0 Å². The van der Waals surface area contributed by atoms with Crippen LogP contribution >= 0.6 is 46.1 Å². The molecule has 5 rings (SSSR count). The van der Waals surface area contributed by atoms with Crippen LogP contribution in [0.4, 0.5) is 5.69 Å². The molecule has 2 aromatic heterocycles. The lowest BCUT2D eigenvalue weighted by atomic mass is 10.1. The zero-order chi connectivity index (χ0) is 26.1. The van der Waals surface area contributed by atoms with Crippen LogP contribution in [0.2, 0.25) is 15.1 Å². The van der Waals surface area contributed by atoms with Gasteiger partial charge in [-0.1, -0.05) is 65.1 Å². The van der Waals surface area contributed by atoms with E-state index in [1.165, 1.54) is 18.3 Å². The summed E-state index contributed by atoms with van der Waals surface area (Å²) >= 11 is 19.9. The highest BCUT2D eigenvalue weighted by Crippen LogP contribution is 2.41. The molecule has 1 amide bonds. The molecule has 184 valence electrons. The fraction of sp³-hybridized carbons (Fsp3) is 0. The van der Waals surface area contributed by atoms with E-state index >= 15 is 0 Å². The molecular formula is C25H14Cl3N5O3S. The van der Waals surface area contributed by atoms with Gasteiger partial charge in [-0.05, 0) is 24.3 Å². The third-order valence-electron chi connectivity index (χ3n) is 5.32. The van der Waals surface area contributed by atoms with Crippen molar-refractivity contribution < 1.29 is 9.72 Å². The van der Waals surface area contributed by atoms with Gasteiger partial charge in [0.25, 0.3) is 11.6 Å². The summed E-state index contributed by atoms with van der Waals surface area (Å²) in [5.41, 5.74) is 4.69. The number of hydrogen-bond acceptors (Lipinski definition) is 6. The number of non-ortho nitro benzene ring substituents is 1. The second-order valence-electron chi connectivity index (χ2n) is 7.73. The van der Waals surface area contributed by atoms with Crippen LogP contribution in [-0.2, 0) is 0 Å². The lowest BCUT2D eigenvalue weighted by Crippen LogP contribution is -2.16. The molecule has 0 unspecified atom stereocenters. The SMILES string of the molecule is O=C(N/N=C\c1cn(-c2ccccc2)nc1-c1cccc([N+](=O)[O-])c1)c1sc2cc(Cl)cc(Cl)c2c1Cl. The molecule has 0 aliphatic heterocycles. The number of nitrogens with one attached hydrogen (secondary N) is 1. The van der Waals surface area contributed by atoms with Crippen LogP contribution in [-0.4, -0.2) is 26.8 Å². The molecule has 1 N–H and O–H groups in total. The van der Waals surface area contributed by atoms with Crippen molar-refractivity contribution in [3.8, 4) is 16.9 Å². The van der Waals surface area contributed by atoms with Gasteiger partial charge in [-0.3, -0.25) is 14.9 Å². The Bertz CT molecular complexity index is 1700. The van der Waals surface area contributed by atoms with Gasteiger partial charge in [-0.25, -0.2) is 10.1 Å². The first-order valence-electron chi connectivity index (χ1n) is 10.6. The summed E-state index contributed by atoms with van der Waals surface area (Å²) in [7, 11) is 0. The Hall–Kier alpha value is -3.76. The Morgan fingerprint density at radius 3 is 2.62 bits per heavy atom. The molecule has 0 aliphatic rings. The molecule has 8 nitrogen and oxygen atoms in total. The summed E-state index contributed by atoms with van der Waals surface area (Å²) in [6.07, 6.45) is 3.14. The minimum absolute atomic E-state index is 0.0684. The Morgan fingerprint density at radius 1 is 1.08 bits per heavy atom. The highest BCUT2D eigenvalue weighted by atomic mass is 35.5. The maximum absolute atomic E-state index is 12.9. The first-order valence-corrected chi connectivity index (χ1v) is 12.6. The summed E-state index contributed by atoms with van der Waals surface area (Å²) in [6, 6.07) is 18.7. The van der Waals surface area contributed by atoms with Crippen LogP contribution in [0.5, 0.6) is 0 Å². The van der Waals surface area contributed by atoms with Gasteiger partial charge >= 0.3 is 0 Å². The van der Waals surface area contributed by atoms with Crippen molar-refractivity contribution in [2.24, 2.45) is 5.10 Å². The zero-order valence-corrected chi connectivity index (χ0v) is 21.6. The quantitative estimate of drug-likeness (QED) is 0.131. The molecule has 0 radical (unpaired) electrons. The molecule has 0 saturated carbocycles. The Kier molecular flexibility index (Phi) is 6.94. The van der Waals surface area contributed by atoms with E-state index in [-0.39, 0.29) is 15.6 Å². The fourth-order valence-corrected chi connectivity index (χ4v) is 5.92. The normalized spacial score (nSPS) is 11.3. The van der Waals surface area contributed by atoms with E-state index in [0.717, 1.165) is 17.0 Å². The lowest BCUT2D eigenvalue weighted by molar-refractivity contribution is -0.384. The number of hydrogen-bond donors (Lipinski definition) is 1. The summed E-state index contributed by atoms with van der Waals surface area (Å²) in [4.78, 5) is 23.9. The second kappa shape index (κ2) is 10.3. The molecule has 0 bridgehead atoms. The second-order valence-corrected chi connectivity index (χ2v) is 10.00. The smallest absolute Gasteiger partial charge is 0.266 e. The third-order valence-corrected chi connectivity index (χ3v) is 7.46. The summed E-state index contributed by atoms with van der Waals surface area (Å²) in [5, 5.41) is 21.5. The molecule has 5 aromatic rings. The van der Waals surface area contributed by atoms with Crippen molar-refractivity contribution in [1.82, 2.24) is 15.2 Å². The number of thiophene rings is 1. The lowest BCUT2D eigenvalue weighted by Gasteiger charge is -2.01. The highest BCUT2D eigenvalue weighted by molar-refractivity contribution is 7.21. The summed E-state index contributed by atoms with van der Waals surface area (Å²) in [5.74, 6) is -0.526. The van der Waals surface area contributed by atoms with Gasteiger partial charge in [0.15, 0.2) is 0 Å². The first kappa shape index (κ1) is 24.9. The molecular weight excluding hydrogens is 557 g/mol. The number of nitrogens with zero attached hydrogens (tertiary/aromatic N) is 4. The average Bonchev–Trinajstić information content (AvgIpc) is 3.46. The van der Waals surface area contributed by atoms with Crippen LogP contribution in [0.1, 0.15) is 15.2 Å². The maximum atomic E-state index is 12.9. The fourth-order valence-electron chi connectivity index (χ4n) is 3.65. The van der Waals surface area contributed by atoms with Crippen molar-refractivity contribution in [2.45, 2.75) is 0 Å². The van der Waals surface area contributed by atoms with Gasteiger partial charge in [0.1, 0.15) is 10.6 Å². The number of aromatic nitrogens is 2. The first-order chi connectivity index (χ1) is 17.8. The van der Waals surface area contributed by atoms with E-state index in [1.54, 1.807) is 35.1 Å². The monoisotopic (exact) mass is 569 g/mol.